The first-order valence-electron chi connectivity index (χ1n) is 11.1. The van der Waals surface area contributed by atoms with E-state index in [0.717, 1.165) is 55.8 Å². The van der Waals surface area contributed by atoms with Gasteiger partial charge >= 0.3 is 0 Å². The number of aliphatic hydroxyl groups is 2. The second kappa shape index (κ2) is 7.95. The second-order valence-electron chi connectivity index (χ2n) is 9.87. The Morgan fingerprint density at radius 2 is 1.70 bits per heavy atom. The number of benzene rings is 1. The van der Waals surface area contributed by atoms with Gasteiger partial charge in [0, 0.05) is 43.4 Å². The molecule has 0 bridgehead atoms. The van der Waals surface area contributed by atoms with Crippen LogP contribution < -0.4 is 4.90 Å². The van der Waals surface area contributed by atoms with Gasteiger partial charge in [0.15, 0.2) is 0 Å². The number of aliphatic hydroxyl groups excluding tert-OH is 1. The summed E-state index contributed by atoms with van der Waals surface area (Å²) in [6.07, 6.45) is 5.03. The minimum absolute atomic E-state index is 0.210. The van der Waals surface area contributed by atoms with E-state index in [0.29, 0.717) is 5.92 Å². The number of nitrogens with zero attached hydrogens (tertiary/aromatic N) is 3. The van der Waals surface area contributed by atoms with Crippen LogP contribution in [0.1, 0.15) is 56.2 Å². The summed E-state index contributed by atoms with van der Waals surface area (Å²) in [5.74, 6) is 0.456. The highest BCUT2D eigenvalue weighted by molar-refractivity contribution is 5.51. The van der Waals surface area contributed by atoms with Gasteiger partial charge in [-0.1, -0.05) is 45.0 Å². The van der Waals surface area contributed by atoms with Gasteiger partial charge in [-0.15, -0.1) is 0 Å². The lowest BCUT2D eigenvalue weighted by atomic mass is 9.62. The molecule has 0 unspecified atom stereocenters. The first kappa shape index (κ1) is 21.3. The van der Waals surface area contributed by atoms with Crippen LogP contribution in [0.2, 0.25) is 0 Å². The van der Waals surface area contributed by atoms with E-state index in [1.165, 1.54) is 5.56 Å². The standard InChI is InChI=1S/C25H35N3O2/c1-18(2)19-5-7-20(8-6-19)25(30,24(3)16-27(4)17-24)21-13-22(15-26-14-21)28-11-9-23(29)10-12-28/h5-8,13-15,18,23,29-30H,9-12,16-17H2,1-4H3/t25-/m0/s1. The van der Waals surface area contributed by atoms with Crippen LogP contribution in [0.5, 0.6) is 0 Å². The van der Waals surface area contributed by atoms with Crippen LogP contribution in [0, 0.1) is 5.41 Å². The molecule has 5 heteroatoms. The first-order chi connectivity index (χ1) is 14.2. The average Bonchev–Trinajstić information content (AvgIpc) is 2.72. The molecule has 2 saturated heterocycles. The highest BCUT2D eigenvalue weighted by atomic mass is 16.3. The molecular weight excluding hydrogens is 374 g/mol. The maximum Gasteiger partial charge on any atom is 0.124 e. The van der Waals surface area contributed by atoms with Crippen molar-refractivity contribution in [2.24, 2.45) is 5.41 Å². The van der Waals surface area contributed by atoms with Crippen molar-refractivity contribution in [1.29, 1.82) is 0 Å². The summed E-state index contributed by atoms with van der Waals surface area (Å²) >= 11 is 0. The Labute approximate surface area is 180 Å². The Morgan fingerprint density at radius 1 is 1.07 bits per heavy atom. The molecule has 5 nitrogen and oxygen atoms in total. The van der Waals surface area contributed by atoms with Gasteiger partial charge in [-0.3, -0.25) is 4.98 Å². The molecule has 3 heterocycles. The minimum Gasteiger partial charge on any atom is -0.393 e. The Morgan fingerprint density at radius 3 is 2.27 bits per heavy atom. The highest BCUT2D eigenvalue weighted by Crippen LogP contribution is 2.50. The summed E-state index contributed by atoms with van der Waals surface area (Å²) < 4.78 is 0. The molecule has 0 radical (unpaired) electrons. The first-order valence-corrected chi connectivity index (χ1v) is 11.1. The topological polar surface area (TPSA) is 59.8 Å². The van der Waals surface area contributed by atoms with Crippen LogP contribution in [0.4, 0.5) is 5.69 Å². The predicted molar refractivity (Wildman–Crippen MR) is 121 cm³/mol. The fourth-order valence-corrected chi connectivity index (χ4v) is 5.27. The van der Waals surface area contributed by atoms with Gasteiger partial charge in [0.25, 0.3) is 0 Å². The third-order valence-electron chi connectivity index (χ3n) is 7.08. The van der Waals surface area contributed by atoms with Crippen molar-refractivity contribution in [3.05, 3.63) is 59.4 Å². The molecular formula is C25H35N3O2. The Kier molecular flexibility index (Phi) is 5.64. The Balaban J connectivity index is 1.74. The van der Waals surface area contributed by atoms with Gasteiger partial charge < -0.3 is 20.0 Å². The largest absolute Gasteiger partial charge is 0.393 e. The zero-order chi connectivity index (χ0) is 21.5. The van der Waals surface area contributed by atoms with E-state index in [2.05, 4.69) is 72.9 Å². The summed E-state index contributed by atoms with van der Waals surface area (Å²) in [7, 11) is 2.09. The van der Waals surface area contributed by atoms with Gasteiger partial charge in [0.1, 0.15) is 5.60 Å². The van der Waals surface area contributed by atoms with Gasteiger partial charge in [0.05, 0.1) is 18.0 Å². The quantitative estimate of drug-likeness (QED) is 0.793. The molecule has 2 aliphatic rings. The molecule has 0 aliphatic carbocycles. The molecule has 2 N–H and O–H groups in total. The number of hydrogen-bond acceptors (Lipinski definition) is 5. The lowest BCUT2D eigenvalue weighted by Crippen LogP contribution is -2.63. The van der Waals surface area contributed by atoms with Crippen LogP contribution in [-0.4, -0.2) is 59.4 Å². The Hall–Kier alpha value is -1.95. The van der Waals surface area contributed by atoms with E-state index in [1.807, 2.05) is 12.4 Å². The highest BCUT2D eigenvalue weighted by Gasteiger charge is 2.55. The van der Waals surface area contributed by atoms with Gasteiger partial charge in [-0.25, -0.2) is 0 Å². The van der Waals surface area contributed by atoms with Crippen molar-refractivity contribution < 1.29 is 10.2 Å². The van der Waals surface area contributed by atoms with Crippen LogP contribution in [0.25, 0.3) is 0 Å². The molecule has 1 atom stereocenters. The number of rotatable bonds is 5. The molecule has 1 aromatic heterocycles. The summed E-state index contributed by atoms with van der Waals surface area (Å²) in [5, 5.41) is 22.2. The van der Waals surface area contributed by atoms with E-state index in [9.17, 15) is 10.2 Å². The van der Waals surface area contributed by atoms with Gasteiger partial charge in [-0.2, -0.15) is 0 Å². The van der Waals surface area contributed by atoms with E-state index >= 15 is 0 Å². The minimum atomic E-state index is -1.12. The normalized spacial score (nSPS) is 22.0. The van der Waals surface area contributed by atoms with Crippen molar-refractivity contribution in [3.63, 3.8) is 0 Å². The van der Waals surface area contributed by atoms with Crippen molar-refractivity contribution in [2.75, 3.05) is 38.1 Å². The summed E-state index contributed by atoms with van der Waals surface area (Å²) in [6, 6.07) is 10.6. The lowest BCUT2D eigenvalue weighted by Gasteiger charge is -2.56. The third-order valence-corrected chi connectivity index (χ3v) is 7.08. The summed E-state index contributed by atoms with van der Waals surface area (Å²) in [5.41, 5.74) is 2.66. The molecule has 4 rings (SSSR count). The summed E-state index contributed by atoms with van der Waals surface area (Å²) in [4.78, 5) is 9.04. The van der Waals surface area contributed by atoms with E-state index in [4.69, 9.17) is 0 Å². The van der Waals surface area contributed by atoms with E-state index < -0.39 is 5.60 Å². The number of pyridine rings is 1. The van der Waals surface area contributed by atoms with Gasteiger partial charge in [0.2, 0.25) is 0 Å². The van der Waals surface area contributed by atoms with Crippen LogP contribution in [0.3, 0.4) is 0 Å². The molecule has 0 spiro atoms. The average molecular weight is 410 g/mol. The maximum atomic E-state index is 12.3. The van der Waals surface area contributed by atoms with E-state index in [1.54, 1.807) is 0 Å². The Bertz CT molecular complexity index is 868. The number of anilines is 1. The molecule has 2 aromatic rings. The molecule has 0 amide bonds. The van der Waals surface area contributed by atoms with Crippen LogP contribution >= 0.6 is 0 Å². The molecule has 0 saturated carbocycles. The van der Waals surface area contributed by atoms with Crippen molar-refractivity contribution in [3.8, 4) is 0 Å². The zero-order valence-electron chi connectivity index (χ0n) is 18.7. The molecule has 162 valence electrons. The molecule has 30 heavy (non-hydrogen) atoms. The zero-order valence-corrected chi connectivity index (χ0v) is 18.7. The number of likely N-dealkylation sites (tertiary alicyclic amines) is 1. The van der Waals surface area contributed by atoms with Crippen LogP contribution in [-0.2, 0) is 5.60 Å². The third kappa shape index (κ3) is 3.64. The van der Waals surface area contributed by atoms with Crippen molar-refractivity contribution >= 4 is 5.69 Å². The van der Waals surface area contributed by atoms with Crippen molar-refractivity contribution in [2.45, 2.75) is 51.2 Å². The fourth-order valence-electron chi connectivity index (χ4n) is 5.27. The lowest BCUT2D eigenvalue weighted by molar-refractivity contribution is -0.127. The predicted octanol–water partition coefficient (Wildman–Crippen LogP) is 3.35. The van der Waals surface area contributed by atoms with E-state index in [-0.39, 0.29) is 11.5 Å². The van der Waals surface area contributed by atoms with Gasteiger partial charge in [-0.05, 0) is 43.0 Å². The fraction of sp³-hybridized carbons (Fsp3) is 0.560. The maximum absolute atomic E-state index is 12.3. The molecule has 2 fully saturated rings. The smallest absolute Gasteiger partial charge is 0.124 e. The molecule has 1 aromatic carbocycles. The van der Waals surface area contributed by atoms with Crippen LogP contribution in [0.15, 0.2) is 42.7 Å². The second-order valence-corrected chi connectivity index (χ2v) is 9.87. The monoisotopic (exact) mass is 409 g/mol. The number of piperidine rings is 1. The number of hydrogen-bond donors (Lipinski definition) is 2. The van der Waals surface area contributed by atoms with Crippen molar-refractivity contribution in [1.82, 2.24) is 9.88 Å². The SMILES string of the molecule is CC(C)c1ccc([C@](O)(c2cncc(N3CCC(O)CC3)c2)C2(C)CN(C)C2)cc1. The number of aromatic nitrogens is 1. The summed E-state index contributed by atoms with van der Waals surface area (Å²) in [6.45, 7) is 9.83. The molecule has 2 aliphatic heterocycles.